The second-order valence-corrected chi connectivity index (χ2v) is 5.56. The molecule has 0 radical (unpaired) electrons. The molecular weight excluding hydrogens is 216 g/mol. The Morgan fingerprint density at radius 2 is 2.00 bits per heavy atom. The van der Waals surface area contributed by atoms with Crippen LogP contribution in [-0.4, -0.2) is 45.0 Å². The van der Waals surface area contributed by atoms with E-state index in [4.69, 9.17) is 0 Å². The first-order chi connectivity index (χ1) is 6.75. The van der Waals surface area contributed by atoms with Gasteiger partial charge in [0.25, 0.3) is 0 Å². The van der Waals surface area contributed by atoms with Crippen molar-refractivity contribution in [2.24, 2.45) is 0 Å². The number of hydrogen-bond acceptors (Lipinski definition) is 3. The van der Waals surface area contributed by atoms with Gasteiger partial charge in [-0.25, -0.2) is 12.7 Å². The Kier molecular flexibility index (Phi) is 5.53. The molecule has 88 valence electrons. The van der Waals surface area contributed by atoms with E-state index in [2.05, 4.69) is 11.9 Å². The van der Waals surface area contributed by atoms with Crippen LogP contribution in [0.2, 0.25) is 0 Å². The first-order valence-electron chi connectivity index (χ1n) is 4.60. The summed E-state index contributed by atoms with van der Waals surface area (Å²) in [5, 5.41) is 2.63. The van der Waals surface area contributed by atoms with Crippen LogP contribution in [0.25, 0.3) is 0 Å². The average molecular weight is 234 g/mol. The van der Waals surface area contributed by atoms with E-state index in [0.29, 0.717) is 25.1 Å². The summed E-state index contributed by atoms with van der Waals surface area (Å²) in [6, 6.07) is 0. The number of rotatable bonds is 6. The Bertz CT molecular complexity index is 335. The number of carbonyl (C=O) groups excluding carboxylic acids is 1. The molecule has 0 heterocycles. The van der Waals surface area contributed by atoms with Gasteiger partial charge in [0.05, 0.1) is 6.26 Å². The quantitative estimate of drug-likeness (QED) is 0.518. The lowest BCUT2D eigenvalue weighted by atomic mass is 10.3. The van der Waals surface area contributed by atoms with Gasteiger partial charge in [0.1, 0.15) is 0 Å². The second-order valence-electron chi connectivity index (χ2n) is 3.47. The number of amides is 1. The van der Waals surface area contributed by atoms with Crippen molar-refractivity contribution >= 4 is 15.9 Å². The van der Waals surface area contributed by atoms with Crippen LogP contribution in [-0.2, 0) is 14.8 Å². The predicted octanol–water partition coefficient (Wildman–Crippen LogP) is -0.0398. The molecule has 0 aliphatic carbocycles. The maximum absolute atomic E-state index is 11.0. The summed E-state index contributed by atoms with van der Waals surface area (Å²) in [7, 11) is -1.61. The molecule has 5 nitrogen and oxygen atoms in total. The van der Waals surface area contributed by atoms with Gasteiger partial charge >= 0.3 is 0 Å². The predicted molar refractivity (Wildman–Crippen MR) is 59.9 cm³/mol. The molecule has 0 unspecified atom stereocenters. The van der Waals surface area contributed by atoms with Crippen molar-refractivity contribution < 1.29 is 13.2 Å². The third kappa shape index (κ3) is 6.24. The zero-order valence-electron chi connectivity index (χ0n) is 9.41. The minimum atomic E-state index is -3.12. The van der Waals surface area contributed by atoms with Gasteiger partial charge in [-0.05, 0) is 13.3 Å². The molecule has 0 saturated heterocycles. The van der Waals surface area contributed by atoms with Crippen molar-refractivity contribution in [2.75, 3.05) is 26.4 Å². The van der Waals surface area contributed by atoms with Crippen LogP contribution in [0.3, 0.4) is 0 Å². The normalized spacial score (nSPS) is 11.5. The Labute approximate surface area is 91.2 Å². The van der Waals surface area contributed by atoms with E-state index in [1.165, 1.54) is 11.4 Å². The summed E-state index contributed by atoms with van der Waals surface area (Å²) < 4.78 is 23.2. The van der Waals surface area contributed by atoms with Crippen molar-refractivity contribution in [3.05, 3.63) is 12.2 Å². The number of carbonyl (C=O) groups is 1. The van der Waals surface area contributed by atoms with Gasteiger partial charge in [0, 0.05) is 25.7 Å². The molecule has 0 aromatic heterocycles. The van der Waals surface area contributed by atoms with Crippen LogP contribution in [0.4, 0.5) is 0 Å². The maximum atomic E-state index is 11.0. The third-order valence-corrected chi connectivity index (χ3v) is 3.20. The molecular formula is C9H18N2O3S. The van der Waals surface area contributed by atoms with Crippen LogP contribution in [0, 0.1) is 0 Å². The van der Waals surface area contributed by atoms with Gasteiger partial charge in [0.15, 0.2) is 0 Å². The van der Waals surface area contributed by atoms with Crippen molar-refractivity contribution in [3.63, 3.8) is 0 Å². The molecule has 0 saturated carbocycles. The molecule has 0 aliphatic rings. The number of hydrogen-bond donors (Lipinski definition) is 1. The number of sulfonamides is 1. The number of nitrogens with zero attached hydrogens (tertiary/aromatic N) is 1. The molecule has 6 heteroatoms. The number of nitrogens with one attached hydrogen (secondary N) is 1. The fourth-order valence-corrected chi connectivity index (χ4v) is 1.28. The van der Waals surface area contributed by atoms with Crippen molar-refractivity contribution in [3.8, 4) is 0 Å². The lowest BCUT2D eigenvalue weighted by Crippen LogP contribution is -2.31. The lowest BCUT2D eigenvalue weighted by Gasteiger charge is -2.13. The third-order valence-electron chi connectivity index (χ3n) is 1.89. The van der Waals surface area contributed by atoms with Gasteiger partial charge in [-0.3, -0.25) is 4.79 Å². The molecule has 1 amide bonds. The van der Waals surface area contributed by atoms with E-state index in [0.717, 1.165) is 6.26 Å². The van der Waals surface area contributed by atoms with Gasteiger partial charge in [0.2, 0.25) is 15.9 Å². The Balaban J connectivity index is 3.74. The maximum Gasteiger partial charge on any atom is 0.246 e. The van der Waals surface area contributed by atoms with Gasteiger partial charge < -0.3 is 5.32 Å². The topological polar surface area (TPSA) is 66.5 Å². The van der Waals surface area contributed by atoms with Crippen LogP contribution in [0.5, 0.6) is 0 Å². The fourth-order valence-electron chi connectivity index (χ4n) is 0.820. The molecule has 0 fully saturated rings. The molecule has 0 bridgehead atoms. The Morgan fingerprint density at radius 1 is 1.47 bits per heavy atom. The molecule has 0 aliphatic heterocycles. The van der Waals surface area contributed by atoms with Gasteiger partial charge in [-0.2, -0.15) is 0 Å². The Hall–Kier alpha value is -0.880. The minimum absolute atomic E-state index is 0.197. The lowest BCUT2D eigenvalue weighted by molar-refractivity contribution is -0.117. The monoisotopic (exact) mass is 234 g/mol. The van der Waals surface area contributed by atoms with Crippen LogP contribution < -0.4 is 5.32 Å². The standard InChI is InChI=1S/C9H18N2O3S/c1-8(2)9(12)10-6-5-7-11(3)15(4,13)14/h1,5-7H2,2-4H3,(H,10,12). The van der Waals surface area contributed by atoms with Crippen LogP contribution in [0.15, 0.2) is 12.2 Å². The van der Waals surface area contributed by atoms with Crippen LogP contribution in [0.1, 0.15) is 13.3 Å². The highest BCUT2D eigenvalue weighted by molar-refractivity contribution is 7.88. The minimum Gasteiger partial charge on any atom is -0.352 e. The van der Waals surface area contributed by atoms with E-state index in [-0.39, 0.29) is 5.91 Å². The van der Waals surface area contributed by atoms with E-state index in [9.17, 15) is 13.2 Å². The van der Waals surface area contributed by atoms with Crippen molar-refractivity contribution in [1.29, 1.82) is 0 Å². The fraction of sp³-hybridized carbons (Fsp3) is 0.667. The smallest absolute Gasteiger partial charge is 0.246 e. The summed E-state index contributed by atoms with van der Waals surface area (Å²) >= 11 is 0. The summed E-state index contributed by atoms with van der Waals surface area (Å²) in [6.45, 7) is 5.96. The average Bonchev–Trinajstić information content (AvgIpc) is 2.09. The largest absolute Gasteiger partial charge is 0.352 e. The molecule has 15 heavy (non-hydrogen) atoms. The van der Waals surface area contributed by atoms with E-state index in [1.807, 2.05) is 0 Å². The highest BCUT2D eigenvalue weighted by Gasteiger charge is 2.09. The van der Waals surface area contributed by atoms with Crippen molar-refractivity contribution in [1.82, 2.24) is 9.62 Å². The first-order valence-corrected chi connectivity index (χ1v) is 6.45. The SMILES string of the molecule is C=C(C)C(=O)NCCCN(C)S(C)(=O)=O. The zero-order valence-corrected chi connectivity index (χ0v) is 10.2. The summed E-state index contributed by atoms with van der Waals surface area (Å²) in [5.74, 6) is -0.197. The molecule has 0 atom stereocenters. The first kappa shape index (κ1) is 14.1. The molecule has 0 aromatic carbocycles. The summed E-state index contributed by atoms with van der Waals surface area (Å²) in [5.41, 5.74) is 0.450. The van der Waals surface area contributed by atoms with Gasteiger partial charge in [-0.15, -0.1) is 0 Å². The summed E-state index contributed by atoms with van der Waals surface area (Å²) in [6.07, 6.45) is 1.74. The highest BCUT2D eigenvalue weighted by atomic mass is 32.2. The highest BCUT2D eigenvalue weighted by Crippen LogP contribution is 1.94. The van der Waals surface area contributed by atoms with Gasteiger partial charge in [-0.1, -0.05) is 6.58 Å². The molecule has 0 rings (SSSR count). The Morgan fingerprint density at radius 3 is 2.40 bits per heavy atom. The molecule has 0 aromatic rings. The van der Waals surface area contributed by atoms with Crippen molar-refractivity contribution in [2.45, 2.75) is 13.3 Å². The van der Waals surface area contributed by atoms with E-state index in [1.54, 1.807) is 6.92 Å². The zero-order chi connectivity index (χ0) is 12.1. The van der Waals surface area contributed by atoms with E-state index < -0.39 is 10.0 Å². The van der Waals surface area contributed by atoms with Crippen LogP contribution >= 0.6 is 0 Å². The summed E-state index contributed by atoms with van der Waals surface area (Å²) in [4.78, 5) is 11.0. The van der Waals surface area contributed by atoms with E-state index >= 15 is 0 Å². The molecule has 0 spiro atoms. The molecule has 1 N–H and O–H groups in total. The second kappa shape index (κ2) is 5.87.